The fourth-order valence-corrected chi connectivity index (χ4v) is 8.27. The molecule has 0 bridgehead atoms. The molecule has 0 atom stereocenters. The van der Waals surface area contributed by atoms with Crippen LogP contribution in [0.15, 0.2) is 176 Å². The Bertz CT molecular complexity index is 2670. The van der Waals surface area contributed by atoms with E-state index in [0.29, 0.717) is 11.4 Å². The van der Waals surface area contributed by atoms with E-state index in [1.54, 1.807) is 0 Å². The van der Waals surface area contributed by atoms with Crippen molar-refractivity contribution in [1.29, 1.82) is 5.26 Å². The Balaban J connectivity index is 1.37. The molecule has 0 saturated heterocycles. The summed E-state index contributed by atoms with van der Waals surface area (Å²) in [5.41, 5.74) is 12.9. The zero-order chi connectivity index (χ0) is 34.6. The average molecular weight is 664 g/mol. The maximum Gasteiger partial charge on any atom is 0.160 e. The van der Waals surface area contributed by atoms with E-state index < -0.39 is 5.41 Å². The van der Waals surface area contributed by atoms with E-state index in [2.05, 4.69) is 121 Å². The third-order valence-corrected chi connectivity index (χ3v) is 10.4. The van der Waals surface area contributed by atoms with E-state index in [9.17, 15) is 5.26 Å². The second-order valence-electron chi connectivity index (χ2n) is 13.2. The summed E-state index contributed by atoms with van der Waals surface area (Å²) in [5, 5.41) is 10.2. The zero-order valence-electron chi connectivity index (χ0n) is 28.0. The van der Waals surface area contributed by atoms with E-state index in [-0.39, 0.29) is 0 Å². The van der Waals surface area contributed by atoms with Gasteiger partial charge in [-0.05, 0) is 52.1 Å². The molecular weight excluding hydrogens is 635 g/mol. The standard InChI is InChI=1S/C48H29N3O/c49-30-31-27-28-35-40(29-31)48(37-22-10-12-25-41(37)52-42-26-13-11-23-38(42)48)39-24-14-21-36(44(35)39)46-43(32-15-4-1-5-16-32)45(33-17-6-2-7-18-33)50-47(51-46)34-19-8-3-9-20-34/h1-29H. The molecule has 1 aliphatic carbocycles. The van der Waals surface area contributed by atoms with Crippen molar-refractivity contribution < 1.29 is 4.74 Å². The molecule has 2 aliphatic rings. The summed E-state index contributed by atoms with van der Waals surface area (Å²) in [5.74, 6) is 2.26. The largest absolute Gasteiger partial charge is 0.457 e. The van der Waals surface area contributed by atoms with Crippen LogP contribution in [0.1, 0.15) is 27.8 Å². The Hall–Kier alpha value is -7.09. The molecule has 242 valence electrons. The van der Waals surface area contributed by atoms with Crippen LogP contribution in [0.25, 0.3) is 56.2 Å². The molecule has 0 fully saturated rings. The fraction of sp³-hybridized carbons (Fsp3) is 0.0208. The van der Waals surface area contributed by atoms with E-state index in [0.717, 1.165) is 84.1 Å². The van der Waals surface area contributed by atoms with Gasteiger partial charge in [-0.15, -0.1) is 0 Å². The molecule has 0 saturated carbocycles. The van der Waals surface area contributed by atoms with Crippen molar-refractivity contribution >= 4 is 0 Å². The third kappa shape index (κ3) is 4.33. The molecule has 1 spiro atoms. The number of nitriles is 1. The van der Waals surface area contributed by atoms with Crippen molar-refractivity contribution in [2.75, 3.05) is 0 Å². The van der Waals surface area contributed by atoms with Gasteiger partial charge >= 0.3 is 0 Å². The zero-order valence-corrected chi connectivity index (χ0v) is 28.0. The minimum Gasteiger partial charge on any atom is -0.457 e. The lowest BCUT2D eigenvalue weighted by molar-refractivity contribution is 0.436. The number of ether oxygens (including phenoxy) is 1. The minimum atomic E-state index is -0.733. The van der Waals surface area contributed by atoms with E-state index in [1.807, 2.05) is 60.7 Å². The second kappa shape index (κ2) is 11.8. The second-order valence-corrected chi connectivity index (χ2v) is 13.2. The number of hydrogen-bond donors (Lipinski definition) is 0. The van der Waals surface area contributed by atoms with Crippen molar-refractivity contribution in [3.8, 4) is 73.7 Å². The van der Waals surface area contributed by atoms with E-state index in [4.69, 9.17) is 14.7 Å². The lowest BCUT2D eigenvalue weighted by Gasteiger charge is -2.39. The van der Waals surface area contributed by atoms with Crippen molar-refractivity contribution in [3.63, 3.8) is 0 Å². The molecule has 0 unspecified atom stereocenters. The molecule has 0 N–H and O–H groups in total. The van der Waals surface area contributed by atoms with Crippen molar-refractivity contribution in [2.45, 2.75) is 5.41 Å². The maximum atomic E-state index is 10.2. The van der Waals surface area contributed by atoms with E-state index in [1.165, 1.54) is 0 Å². The summed E-state index contributed by atoms with van der Waals surface area (Å²) in [6, 6.07) is 62.7. The third-order valence-electron chi connectivity index (χ3n) is 10.4. The first-order chi connectivity index (χ1) is 25.8. The molecule has 2 heterocycles. The van der Waals surface area contributed by atoms with Crippen LogP contribution in [0, 0.1) is 11.3 Å². The quantitative estimate of drug-likeness (QED) is 0.188. The molecule has 4 nitrogen and oxygen atoms in total. The molecule has 1 aliphatic heterocycles. The molecule has 10 rings (SSSR count). The highest BCUT2D eigenvalue weighted by atomic mass is 16.5. The van der Waals surface area contributed by atoms with Crippen LogP contribution < -0.4 is 4.74 Å². The van der Waals surface area contributed by atoms with Gasteiger partial charge in [-0.3, -0.25) is 0 Å². The topological polar surface area (TPSA) is 58.8 Å². The first-order valence-electron chi connectivity index (χ1n) is 17.4. The van der Waals surface area contributed by atoms with Gasteiger partial charge in [-0.2, -0.15) is 5.26 Å². The molecular formula is C48H29N3O. The Kier molecular flexibility index (Phi) is 6.74. The lowest BCUT2D eigenvalue weighted by Crippen LogP contribution is -2.32. The molecule has 4 heteroatoms. The summed E-state index contributed by atoms with van der Waals surface area (Å²) in [4.78, 5) is 10.8. The van der Waals surface area contributed by atoms with Crippen LogP contribution in [0.4, 0.5) is 0 Å². The molecule has 1 aromatic heterocycles. The lowest BCUT2D eigenvalue weighted by atomic mass is 9.66. The highest BCUT2D eigenvalue weighted by molar-refractivity contribution is 6.01. The SMILES string of the molecule is N#Cc1ccc2c(c1)C1(c3ccccc3Oc3ccccc31)c1cccc(-c3nc(-c4ccccc4)nc(-c4ccccc4)c3-c3ccccc3)c1-2. The molecule has 0 radical (unpaired) electrons. The monoisotopic (exact) mass is 663 g/mol. The first kappa shape index (κ1) is 29.8. The van der Waals surface area contributed by atoms with Gasteiger partial charge in [-0.1, -0.05) is 152 Å². The van der Waals surface area contributed by atoms with Gasteiger partial charge in [-0.25, -0.2) is 9.97 Å². The van der Waals surface area contributed by atoms with Crippen molar-refractivity contribution in [3.05, 3.63) is 204 Å². The summed E-state index contributed by atoms with van der Waals surface area (Å²) < 4.78 is 6.59. The van der Waals surface area contributed by atoms with Crippen LogP contribution in [0.2, 0.25) is 0 Å². The molecule has 8 aromatic rings. The molecule has 7 aromatic carbocycles. The Labute approximate surface area is 301 Å². The van der Waals surface area contributed by atoms with Crippen LogP contribution in [0.5, 0.6) is 11.5 Å². The van der Waals surface area contributed by atoms with Crippen LogP contribution in [-0.2, 0) is 5.41 Å². The predicted molar refractivity (Wildman–Crippen MR) is 206 cm³/mol. The van der Waals surface area contributed by atoms with Gasteiger partial charge in [0.25, 0.3) is 0 Å². The Morgan fingerprint density at radius 3 is 1.65 bits per heavy atom. The average Bonchev–Trinajstić information content (AvgIpc) is 3.51. The van der Waals surface area contributed by atoms with Crippen molar-refractivity contribution in [2.24, 2.45) is 0 Å². The van der Waals surface area contributed by atoms with Crippen molar-refractivity contribution in [1.82, 2.24) is 9.97 Å². The number of aromatic nitrogens is 2. The minimum absolute atomic E-state index is 0.610. The summed E-state index contributed by atoms with van der Waals surface area (Å²) in [6.45, 7) is 0. The number of rotatable bonds is 4. The van der Waals surface area contributed by atoms with Gasteiger partial charge in [0.15, 0.2) is 5.82 Å². The van der Waals surface area contributed by atoms with Gasteiger partial charge in [0.05, 0.1) is 28.4 Å². The van der Waals surface area contributed by atoms with Crippen LogP contribution in [0.3, 0.4) is 0 Å². The summed E-state index contributed by atoms with van der Waals surface area (Å²) in [6.07, 6.45) is 0. The van der Waals surface area contributed by atoms with Crippen LogP contribution in [-0.4, -0.2) is 9.97 Å². The normalized spacial score (nSPS) is 12.9. The van der Waals surface area contributed by atoms with Gasteiger partial charge < -0.3 is 4.74 Å². The van der Waals surface area contributed by atoms with E-state index >= 15 is 0 Å². The molecule has 0 amide bonds. The van der Waals surface area contributed by atoms with Crippen LogP contribution >= 0.6 is 0 Å². The number of hydrogen-bond acceptors (Lipinski definition) is 4. The predicted octanol–water partition coefficient (Wildman–Crippen LogP) is 11.5. The maximum absolute atomic E-state index is 10.2. The highest BCUT2D eigenvalue weighted by Gasteiger charge is 2.52. The summed E-state index contributed by atoms with van der Waals surface area (Å²) >= 11 is 0. The number of benzene rings is 7. The fourth-order valence-electron chi connectivity index (χ4n) is 8.27. The molecule has 52 heavy (non-hydrogen) atoms. The summed E-state index contributed by atoms with van der Waals surface area (Å²) in [7, 11) is 0. The number of fused-ring (bicyclic) bond motifs is 9. The smallest absolute Gasteiger partial charge is 0.160 e. The Morgan fingerprint density at radius 1 is 0.442 bits per heavy atom. The first-order valence-corrected chi connectivity index (χ1v) is 17.4. The number of nitrogens with zero attached hydrogens (tertiary/aromatic N) is 3. The van der Waals surface area contributed by atoms with Gasteiger partial charge in [0.2, 0.25) is 0 Å². The Morgan fingerprint density at radius 2 is 1.00 bits per heavy atom. The number of para-hydroxylation sites is 2. The van der Waals surface area contributed by atoms with Gasteiger partial charge in [0, 0.05) is 33.4 Å². The highest BCUT2D eigenvalue weighted by Crippen LogP contribution is 2.63. The van der Waals surface area contributed by atoms with Gasteiger partial charge in [0.1, 0.15) is 11.5 Å².